The fraction of sp³-hybridized carbons (Fsp3) is 0.364. The predicted molar refractivity (Wildman–Crippen MR) is 110 cm³/mol. The van der Waals surface area contributed by atoms with Gasteiger partial charge in [0, 0.05) is 6.54 Å². The van der Waals surface area contributed by atoms with E-state index in [0.717, 1.165) is 19.5 Å². The Labute approximate surface area is 169 Å². The van der Waals surface area contributed by atoms with Crippen LogP contribution in [0.25, 0.3) is 0 Å². The van der Waals surface area contributed by atoms with Crippen LogP contribution in [0.3, 0.4) is 0 Å². The zero-order valence-corrected chi connectivity index (χ0v) is 16.2. The minimum absolute atomic E-state index is 0.0873. The number of piperidine rings is 1. The zero-order chi connectivity index (χ0) is 20.5. The molecule has 2 aromatic carbocycles. The number of carbonyl (C=O) groups excluding carboxylic acids is 2. The van der Waals surface area contributed by atoms with E-state index in [1.807, 2.05) is 0 Å². The van der Waals surface area contributed by atoms with Crippen LogP contribution < -0.4 is 20.7 Å². The van der Waals surface area contributed by atoms with Crippen LogP contribution in [0, 0.1) is 11.7 Å². The maximum Gasteiger partial charge on any atom is 0.262 e. The Bertz CT molecular complexity index is 838. The lowest BCUT2D eigenvalue weighted by atomic mass is 9.96. The molecule has 1 unspecified atom stereocenters. The summed E-state index contributed by atoms with van der Waals surface area (Å²) in [6.07, 6.45) is 3.27. The summed E-state index contributed by atoms with van der Waals surface area (Å²) in [5.74, 6) is -0.367. The topological polar surface area (TPSA) is 79.5 Å². The Balaban J connectivity index is 1.50. The minimum Gasteiger partial charge on any atom is -0.483 e. The third-order valence-electron chi connectivity index (χ3n) is 4.88. The Morgan fingerprint density at radius 1 is 1.14 bits per heavy atom. The van der Waals surface area contributed by atoms with Gasteiger partial charge in [-0.1, -0.05) is 24.3 Å². The molecule has 1 aliphatic heterocycles. The van der Waals surface area contributed by atoms with Gasteiger partial charge in [-0.15, -0.1) is 0 Å². The Hall–Kier alpha value is -2.93. The van der Waals surface area contributed by atoms with Gasteiger partial charge in [-0.2, -0.15) is 0 Å². The van der Waals surface area contributed by atoms with Crippen LogP contribution in [0.15, 0.2) is 48.5 Å². The SMILES string of the molecule is O=C(COc1ccccc1C(=O)NCCC1CCCNC1)Nc1ccccc1F. The van der Waals surface area contributed by atoms with Gasteiger partial charge in [0.15, 0.2) is 6.61 Å². The lowest BCUT2D eigenvalue weighted by molar-refractivity contribution is -0.118. The molecule has 1 aliphatic rings. The van der Waals surface area contributed by atoms with E-state index in [2.05, 4.69) is 16.0 Å². The Morgan fingerprint density at radius 3 is 2.72 bits per heavy atom. The molecule has 1 saturated heterocycles. The van der Waals surface area contributed by atoms with Gasteiger partial charge in [-0.3, -0.25) is 9.59 Å². The van der Waals surface area contributed by atoms with Crippen LogP contribution in [0.4, 0.5) is 10.1 Å². The number of halogens is 1. The normalized spacial score (nSPS) is 16.1. The van der Waals surface area contributed by atoms with Crippen LogP contribution >= 0.6 is 0 Å². The molecule has 6 nitrogen and oxygen atoms in total. The number of hydrogen-bond donors (Lipinski definition) is 3. The molecular formula is C22H26FN3O3. The predicted octanol–water partition coefficient (Wildman–Crippen LogP) is 2.96. The summed E-state index contributed by atoms with van der Waals surface area (Å²) in [6.45, 7) is 2.32. The first-order valence-corrected chi connectivity index (χ1v) is 9.88. The summed E-state index contributed by atoms with van der Waals surface area (Å²) in [5.41, 5.74) is 0.456. The standard InChI is InChI=1S/C22H26FN3O3/c23-18-8-2-3-9-19(18)26-21(27)15-29-20-10-4-1-7-17(20)22(28)25-13-11-16-6-5-12-24-14-16/h1-4,7-10,16,24H,5-6,11-15H2,(H,25,28)(H,26,27). The van der Waals surface area contributed by atoms with E-state index < -0.39 is 11.7 Å². The van der Waals surface area contributed by atoms with Crippen LogP contribution in [0.1, 0.15) is 29.6 Å². The van der Waals surface area contributed by atoms with Crippen molar-refractivity contribution in [2.75, 3.05) is 31.6 Å². The van der Waals surface area contributed by atoms with Crippen molar-refractivity contribution >= 4 is 17.5 Å². The molecule has 1 heterocycles. The van der Waals surface area contributed by atoms with E-state index >= 15 is 0 Å². The number of benzene rings is 2. The van der Waals surface area contributed by atoms with Crippen molar-refractivity contribution in [3.8, 4) is 5.75 Å². The summed E-state index contributed by atoms with van der Waals surface area (Å²) < 4.78 is 19.1. The van der Waals surface area contributed by atoms with E-state index in [1.54, 1.807) is 36.4 Å². The molecule has 1 fully saturated rings. The number of ether oxygens (including phenoxy) is 1. The van der Waals surface area contributed by atoms with E-state index in [1.165, 1.54) is 25.0 Å². The van der Waals surface area contributed by atoms with Gasteiger partial charge in [-0.05, 0) is 62.5 Å². The lowest BCUT2D eigenvalue weighted by Crippen LogP contribution is -2.33. The zero-order valence-electron chi connectivity index (χ0n) is 16.2. The fourth-order valence-electron chi connectivity index (χ4n) is 3.33. The molecule has 0 aromatic heterocycles. The van der Waals surface area contributed by atoms with Crippen molar-refractivity contribution in [1.82, 2.24) is 10.6 Å². The summed E-state index contributed by atoms with van der Waals surface area (Å²) in [4.78, 5) is 24.6. The Morgan fingerprint density at radius 2 is 1.93 bits per heavy atom. The maximum atomic E-state index is 13.6. The highest BCUT2D eigenvalue weighted by Gasteiger charge is 2.16. The second-order valence-corrected chi connectivity index (χ2v) is 7.07. The third-order valence-corrected chi connectivity index (χ3v) is 4.88. The van der Waals surface area contributed by atoms with Crippen molar-refractivity contribution in [2.24, 2.45) is 5.92 Å². The van der Waals surface area contributed by atoms with Gasteiger partial charge in [0.2, 0.25) is 0 Å². The molecule has 154 valence electrons. The largest absolute Gasteiger partial charge is 0.483 e. The van der Waals surface area contributed by atoms with Crippen molar-refractivity contribution in [1.29, 1.82) is 0 Å². The summed E-state index contributed by atoms with van der Waals surface area (Å²) in [6, 6.07) is 12.7. The Kier molecular flexibility index (Phi) is 7.58. The molecule has 0 bridgehead atoms. The number of rotatable bonds is 8. The average Bonchev–Trinajstić information content (AvgIpc) is 2.75. The number of amides is 2. The quantitative estimate of drug-likeness (QED) is 0.638. The van der Waals surface area contributed by atoms with Gasteiger partial charge >= 0.3 is 0 Å². The van der Waals surface area contributed by atoms with Gasteiger partial charge in [0.25, 0.3) is 11.8 Å². The highest BCUT2D eigenvalue weighted by Crippen LogP contribution is 2.19. The lowest BCUT2D eigenvalue weighted by Gasteiger charge is -2.22. The second-order valence-electron chi connectivity index (χ2n) is 7.07. The molecule has 2 amide bonds. The van der Waals surface area contributed by atoms with Crippen LogP contribution in [0.5, 0.6) is 5.75 Å². The van der Waals surface area contributed by atoms with Crippen molar-refractivity contribution < 1.29 is 18.7 Å². The van der Waals surface area contributed by atoms with Gasteiger partial charge in [-0.25, -0.2) is 4.39 Å². The average molecular weight is 399 g/mol. The molecule has 0 radical (unpaired) electrons. The van der Waals surface area contributed by atoms with E-state index in [4.69, 9.17) is 4.74 Å². The summed E-state index contributed by atoms with van der Waals surface area (Å²) in [5, 5.41) is 8.75. The van der Waals surface area contributed by atoms with Crippen molar-refractivity contribution in [2.45, 2.75) is 19.3 Å². The molecule has 3 N–H and O–H groups in total. The molecule has 1 atom stereocenters. The van der Waals surface area contributed by atoms with Gasteiger partial charge in [0.1, 0.15) is 11.6 Å². The summed E-state index contributed by atoms with van der Waals surface area (Å²) in [7, 11) is 0. The van der Waals surface area contributed by atoms with Crippen LogP contribution in [-0.2, 0) is 4.79 Å². The van der Waals surface area contributed by atoms with Gasteiger partial charge < -0.3 is 20.7 Å². The van der Waals surface area contributed by atoms with Gasteiger partial charge in [0.05, 0.1) is 11.3 Å². The molecular weight excluding hydrogens is 373 g/mol. The third kappa shape index (κ3) is 6.29. The smallest absolute Gasteiger partial charge is 0.262 e. The van der Waals surface area contributed by atoms with Crippen molar-refractivity contribution in [3.63, 3.8) is 0 Å². The first-order valence-electron chi connectivity index (χ1n) is 9.88. The molecule has 0 saturated carbocycles. The molecule has 3 rings (SSSR count). The molecule has 0 spiro atoms. The molecule has 29 heavy (non-hydrogen) atoms. The van der Waals surface area contributed by atoms with Crippen molar-refractivity contribution in [3.05, 3.63) is 59.9 Å². The first-order chi connectivity index (χ1) is 14.1. The number of para-hydroxylation sites is 2. The number of anilines is 1. The monoisotopic (exact) mass is 399 g/mol. The number of nitrogens with one attached hydrogen (secondary N) is 3. The van der Waals surface area contributed by atoms with Crippen LogP contribution in [0.2, 0.25) is 0 Å². The highest BCUT2D eigenvalue weighted by atomic mass is 19.1. The van der Waals surface area contributed by atoms with E-state index in [-0.39, 0.29) is 18.2 Å². The van der Waals surface area contributed by atoms with Crippen LogP contribution in [-0.4, -0.2) is 38.1 Å². The number of carbonyl (C=O) groups is 2. The first kappa shape index (κ1) is 20.8. The van der Waals surface area contributed by atoms with E-state index in [0.29, 0.717) is 23.8 Å². The van der Waals surface area contributed by atoms with E-state index in [9.17, 15) is 14.0 Å². The molecule has 2 aromatic rings. The highest BCUT2D eigenvalue weighted by molar-refractivity contribution is 5.97. The summed E-state index contributed by atoms with van der Waals surface area (Å²) >= 11 is 0. The minimum atomic E-state index is -0.520. The molecule has 7 heteroatoms. The fourth-order valence-corrected chi connectivity index (χ4v) is 3.33. The second kappa shape index (κ2) is 10.6. The molecule has 0 aliphatic carbocycles. The maximum absolute atomic E-state index is 13.6. The number of hydrogen-bond acceptors (Lipinski definition) is 4.